The summed E-state index contributed by atoms with van der Waals surface area (Å²) in [5.74, 6) is 0.691. The van der Waals surface area contributed by atoms with E-state index in [-0.39, 0.29) is 5.41 Å². The molecule has 2 atom stereocenters. The molecular weight excluding hydrogens is 234 g/mol. The Kier molecular flexibility index (Phi) is 3.34. The minimum absolute atomic E-state index is 0.102. The van der Waals surface area contributed by atoms with E-state index in [0.29, 0.717) is 5.92 Å². The number of fused-ring (bicyclic) bond motifs is 1. The number of rotatable bonds is 3. The van der Waals surface area contributed by atoms with Gasteiger partial charge in [-0.3, -0.25) is 0 Å². The molecule has 0 amide bonds. The number of nitrogens with zero attached hydrogens (tertiary/aromatic N) is 1. The third kappa shape index (κ3) is 2.41. The zero-order valence-corrected chi connectivity index (χ0v) is 11.8. The Bertz CT molecular complexity index is 470. The van der Waals surface area contributed by atoms with Crippen LogP contribution in [0.2, 0.25) is 0 Å². The van der Waals surface area contributed by atoms with E-state index in [0.717, 1.165) is 32.4 Å². The van der Waals surface area contributed by atoms with Crippen molar-refractivity contribution >= 4 is 12.0 Å². The van der Waals surface area contributed by atoms with Gasteiger partial charge in [0.2, 0.25) is 0 Å². The number of carbonyl (C=O) groups excluding carboxylic acids is 1. The van der Waals surface area contributed by atoms with Crippen molar-refractivity contribution in [3.8, 4) is 0 Å². The van der Waals surface area contributed by atoms with Gasteiger partial charge in [-0.1, -0.05) is 38.0 Å². The summed E-state index contributed by atoms with van der Waals surface area (Å²) in [5, 5.41) is 0. The number of carbonyl (C=O) groups is 1. The van der Waals surface area contributed by atoms with Crippen molar-refractivity contribution in [2.75, 3.05) is 18.0 Å². The maximum absolute atomic E-state index is 11.7. The van der Waals surface area contributed by atoms with E-state index >= 15 is 0 Å². The van der Waals surface area contributed by atoms with Gasteiger partial charge in [-0.05, 0) is 36.8 Å². The van der Waals surface area contributed by atoms with Gasteiger partial charge in [-0.25, -0.2) is 0 Å². The van der Waals surface area contributed by atoms with Gasteiger partial charge in [-0.2, -0.15) is 0 Å². The van der Waals surface area contributed by atoms with Crippen LogP contribution >= 0.6 is 0 Å². The molecule has 1 fully saturated rings. The van der Waals surface area contributed by atoms with Crippen molar-refractivity contribution in [1.82, 2.24) is 0 Å². The van der Waals surface area contributed by atoms with Gasteiger partial charge < -0.3 is 9.69 Å². The molecule has 102 valence electrons. The van der Waals surface area contributed by atoms with Crippen molar-refractivity contribution in [1.29, 1.82) is 0 Å². The number of para-hydroxylation sites is 1. The topological polar surface area (TPSA) is 20.3 Å². The van der Waals surface area contributed by atoms with Gasteiger partial charge in [0, 0.05) is 24.2 Å². The number of hydrogen-bond acceptors (Lipinski definition) is 2. The summed E-state index contributed by atoms with van der Waals surface area (Å²) >= 11 is 0. The number of aldehydes is 1. The van der Waals surface area contributed by atoms with E-state index in [2.05, 4.69) is 36.1 Å². The summed E-state index contributed by atoms with van der Waals surface area (Å²) in [6.45, 7) is 4.27. The highest BCUT2D eigenvalue weighted by Crippen LogP contribution is 2.40. The average Bonchev–Trinajstić information content (AvgIpc) is 2.82. The molecule has 0 saturated heterocycles. The first-order valence-electron chi connectivity index (χ1n) is 7.52. The maximum atomic E-state index is 11.7. The van der Waals surface area contributed by atoms with Crippen molar-refractivity contribution < 1.29 is 4.79 Å². The predicted molar refractivity (Wildman–Crippen MR) is 78.5 cm³/mol. The van der Waals surface area contributed by atoms with Gasteiger partial charge >= 0.3 is 0 Å². The molecule has 1 aliphatic heterocycles. The van der Waals surface area contributed by atoms with Gasteiger partial charge in [0.25, 0.3) is 0 Å². The highest BCUT2D eigenvalue weighted by atomic mass is 16.1. The Morgan fingerprint density at radius 1 is 1.42 bits per heavy atom. The van der Waals surface area contributed by atoms with Crippen LogP contribution in [0, 0.1) is 11.3 Å². The van der Waals surface area contributed by atoms with Crippen LogP contribution in [-0.2, 0) is 11.2 Å². The quantitative estimate of drug-likeness (QED) is 0.773. The molecular formula is C17H23NO. The first-order chi connectivity index (χ1) is 9.22. The van der Waals surface area contributed by atoms with E-state index in [4.69, 9.17) is 0 Å². The minimum Gasteiger partial charge on any atom is -0.370 e. The Hall–Kier alpha value is -1.31. The van der Waals surface area contributed by atoms with Crippen LogP contribution in [0.4, 0.5) is 5.69 Å². The Balaban J connectivity index is 1.79. The second-order valence-corrected chi connectivity index (χ2v) is 6.48. The molecule has 2 nitrogen and oxygen atoms in total. The smallest absolute Gasteiger partial charge is 0.127 e. The fourth-order valence-corrected chi connectivity index (χ4v) is 3.94. The van der Waals surface area contributed by atoms with Gasteiger partial charge in [0.05, 0.1) is 0 Å². The van der Waals surface area contributed by atoms with Gasteiger partial charge in [0.1, 0.15) is 6.29 Å². The summed E-state index contributed by atoms with van der Waals surface area (Å²) in [6.07, 6.45) is 7.00. The second kappa shape index (κ2) is 4.99. The molecule has 1 aromatic rings. The zero-order chi connectivity index (χ0) is 13.3. The van der Waals surface area contributed by atoms with Crippen LogP contribution in [0.15, 0.2) is 24.3 Å². The summed E-state index contributed by atoms with van der Waals surface area (Å²) in [4.78, 5) is 14.1. The monoisotopic (exact) mass is 257 g/mol. The van der Waals surface area contributed by atoms with Crippen molar-refractivity contribution in [2.45, 2.75) is 39.0 Å². The molecule has 0 N–H and O–H groups in total. The molecule has 0 aromatic heterocycles. The molecule has 1 aliphatic carbocycles. The molecule has 1 aromatic carbocycles. The van der Waals surface area contributed by atoms with Gasteiger partial charge in [-0.15, -0.1) is 0 Å². The van der Waals surface area contributed by atoms with Gasteiger partial charge in [0.15, 0.2) is 0 Å². The highest BCUT2D eigenvalue weighted by Gasteiger charge is 2.37. The fourth-order valence-electron chi connectivity index (χ4n) is 3.94. The normalized spacial score (nSPS) is 30.2. The minimum atomic E-state index is -0.102. The maximum Gasteiger partial charge on any atom is 0.127 e. The molecule has 3 rings (SSSR count). The number of anilines is 1. The Labute approximate surface area is 115 Å². The zero-order valence-electron chi connectivity index (χ0n) is 11.8. The lowest BCUT2D eigenvalue weighted by Gasteiger charge is -2.39. The van der Waals surface area contributed by atoms with Crippen LogP contribution in [0.25, 0.3) is 0 Å². The van der Waals surface area contributed by atoms with E-state index in [1.54, 1.807) is 0 Å². The molecule has 2 unspecified atom stereocenters. The van der Waals surface area contributed by atoms with E-state index in [1.165, 1.54) is 30.4 Å². The van der Waals surface area contributed by atoms with Crippen LogP contribution in [0.5, 0.6) is 0 Å². The van der Waals surface area contributed by atoms with E-state index in [9.17, 15) is 4.79 Å². The highest BCUT2D eigenvalue weighted by molar-refractivity contribution is 5.64. The second-order valence-electron chi connectivity index (χ2n) is 6.48. The lowest BCUT2D eigenvalue weighted by molar-refractivity contribution is -0.118. The van der Waals surface area contributed by atoms with Crippen molar-refractivity contribution in [2.24, 2.45) is 11.3 Å². The average molecular weight is 257 g/mol. The number of hydrogen-bond donors (Lipinski definition) is 0. The summed E-state index contributed by atoms with van der Waals surface area (Å²) in [5.41, 5.74) is 2.68. The molecule has 2 aliphatic rings. The molecule has 1 saturated carbocycles. The first-order valence-corrected chi connectivity index (χ1v) is 7.52. The molecule has 2 heteroatoms. The SMILES string of the molecule is CC1CCCC(C=O)(CN2CCc3ccccc32)C1. The van der Waals surface area contributed by atoms with E-state index in [1.807, 2.05) is 0 Å². The third-order valence-corrected chi connectivity index (χ3v) is 4.87. The molecule has 1 heterocycles. The largest absolute Gasteiger partial charge is 0.370 e. The van der Waals surface area contributed by atoms with Crippen LogP contribution in [0.1, 0.15) is 38.2 Å². The standard InChI is InChI=1S/C17H23NO/c1-14-5-4-9-17(11-14,13-19)12-18-10-8-15-6-2-3-7-16(15)18/h2-3,6-7,13-14H,4-5,8-12H2,1H3. The van der Waals surface area contributed by atoms with Crippen LogP contribution < -0.4 is 4.90 Å². The Morgan fingerprint density at radius 3 is 3.05 bits per heavy atom. The van der Waals surface area contributed by atoms with Crippen LogP contribution in [0.3, 0.4) is 0 Å². The predicted octanol–water partition coefficient (Wildman–Crippen LogP) is 3.44. The Morgan fingerprint density at radius 2 is 2.26 bits per heavy atom. The summed E-state index contributed by atoms with van der Waals surface area (Å²) in [7, 11) is 0. The van der Waals surface area contributed by atoms with Crippen molar-refractivity contribution in [3.05, 3.63) is 29.8 Å². The lowest BCUT2D eigenvalue weighted by Crippen LogP contribution is -2.41. The van der Waals surface area contributed by atoms with Crippen LogP contribution in [-0.4, -0.2) is 19.4 Å². The molecule has 0 spiro atoms. The summed E-state index contributed by atoms with van der Waals surface area (Å²) in [6, 6.07) is 8.63. The van der Waals surface area contributed by atoms with Crippen molar-refractivity contribution in [3.63, 3.8) is 0 Å². The fraction of sp³-hybridized carbons (Fsp3) is 0.588. The molecule has 19 heavy (non-hydrogen) atoms. The number of benzene rings is 1. The summed E-state index contributed by atoms with van der Waals surface area (Å²) < 4.78 is 0. The lowest BCUT2D eigenvalue weighted by atomic mass is 9.70. The molecule has 0 bridgehead atoms. The molecule has 0 radical (unpaired) electrons. The first kappa shape index (κ1) is 12.7. The van der Waals surface area contributed by atoms with E-state index < -0.39 is 0 Å². The third-order valence-electron chi connectivity index (χ3n) is 4.87.